The van der Waals surface area contributed by atoms with Crippen molar-refractivity contribution in [3.63, 3.8) is 0 Å². The van der Waals surface area contributed by atoms with Crippen LogP contribution >= 0.6 is 11.8 Å². The monoisotopic (exact) mass is 270 g/mol. The Morgan fingerprint density at radius 1 is 1.28 bits per heavy atom. The van der Waals surface area contributed by atoms with Gasteiger partial charge in [-0.25, -0.2) is 0 Å². The molecule has 0 spiro atoms. The van der Waals surface area contributed by atoms with Crippen LogP contribution in [0.15, 0.2) is 18.2 Å². The van der Waals surface area contributed by atoms with E-state index in [1.165, 1.54) is 0 Å². The van der Waals surface area contributed by atoms with Crippen molar-refractivity contribution in [2.45, 2.75) is 25.1 Å². The third-order valence-electron chi connectivity index (χ3n) is 2.61. The zero-order valence-corrected chi connectivity index (χ0v) is 12.2. The lowest BCUT2D eigenvalue weighted by Gasteiger charge is -2.20. The van der Waals surface area contributed by atoms with Crippen LogP contribution in [0.1, 0.15) is 25.5 Å². The Hall–Kier alpha value is -0.910. The SMILES string of the molecule is COc1ccc(OC)c(C(CSC(C)C)NN)c1. The van der Waals surface area contributed by atoms with Crippen LogP contribution in [0.25, 0.3) is 0 Å². The average Bonchev–Trinajstić information content (AvgIpc) is 2.38. The van der Waals surface area contributed by atoms with Crippen molar-refractivity contribution in [2.24, 2.45) is 5.84 Å². The Morgan fingerprint density at radius 3 is 2.50 bits per heavy atom. The van der Waals surface area contributed by atoms with Crippen molar-refractivity contribution in [3.8, 4) is 11.5 Å². The van der Waals surface area contributed by atoms with Gasteiger partial charge in [0.25, 0.3) is 0 Å². The molecule has 1 unspecified atom stereocenters. The average molecular weight is 270 g/mol. The summed E-state index contributed by atoms with van der Waals surface area (Å²) in [5, 5.41) is 0.567. The first-order valence-electron chi connectivity index (χ1n) is 5.92. The molecule has 3 N–H and O–H groups in total. The number of rotatable bonds is 7. The van der Waals surface area contributed by atoms with E-state index in [1.807, 2.05) is 30.0 Å². The van der Waals surface area contributed by atoms with Crippen LogP contribution in [0.2, 0.25) is 0 Å². The second-order valence-corrected chi connectivity index (χ2v) is 5.82. The van der Waals surface area contributed by atoms with E-state index in [9.17, 15) is 0 Å². The lowest BCUT2D eigenvalue weighted by Crippen LogP contribution is -2.30. The molecule has 1 rings (SSSR count). The highest BCUT2D eigenvalue weighted by Gasteiger charge is 2.16. The molecule has 1 aromatic rings. The molecule has 0 aromatic heterocycles. The van der Waals surface area contributed by atoms with E-state index in [2.05, 4.69) is 19.3 Å². The molecule has 0 aliphatic carbocycles. The Kier molecular flexibility index (Phi) is 6.32. The molecule has 1 atom stereocenters. The third-order valence-corrected chi connectivity index (χ3v) is 3.80. The maximum absolute atomic E-state index is 5.65. The first kappa shape index (κ1) is 15.1. The molecule has 102 valence electrons. The first-order chi connectivity index (χ1) is 8.62. The number of hydrogen-bond acceptors (Lipinski definition) is 5. The van der Waals surface area contributed by atoms with Gasteiger partial charge in [0.05, 0.1) is 20.3 Å². The Morgan fingerprint density at radius 2 is 2.00 bits per heavy atom. The summed E-state index contributed by atoms with van der Waals surface area (Å²) in [6, 6.07) is 5.79. The van der Waals surface area contributed by atoms with Gasteiger partial charge in [-0.05, 0) is 23.4 Å². The fourth-order valence-corrected chi connectivity index (χ4v) is 2.48. The largest absolute Gasteiger partial charge is 0.497 e. The predicted octanol–water partition coefficient (Wildman–Crippen LogP) is 2.35. The lowest BCUT2D eigenvalue weighted by molar-refractivity contribution is 0.393. The molecule has 0 saturated carbocycles. The highest BCUT2D eigenvalue weighted by molar-refractivity contribution is 7.99. The van der Waals surface area contributed by atoms with E-state index in [1.54, 1.807) is 14.2 Å². The molecule has 0 radical (unpaired) electrons. The third kappa shape index (κ3) is 4.08. The number of ether oxygens (including phenoxy) is 2. The van der Waals surface area contributed by atoms with Crippen LogP contribution in [0, 0.1) is 0 Å². The fraction of sp³-hybridized carbons (Fsp3) is 0.538. The van der Waals surface area contributed by atoms with Crippen LogP contribution in [0.4, 0.5) is 0 Å². The van der Waals surface area contributed by atoms with Crippen molar-refractivity contribution < 1.29 is 9.47 Å². The van der Waals surface area contributed by atoms with Crippen LogP contribution in [-0.4, -0.2) is 25.2 Å². The van der Waals surface area contributed by atoms with Gasteiger partial charge in [-0.15, -0.1) is 0 Å². The summed E-state index contributed by atoms with van der Waals surface area (Å²) in [6.45, 7) is 4.34. The molecule has 0 heterocycles. The van der Waals surface area contributed by atoms with Crippen LogP contribution in [-0.2, 0) is 0 Å². The molecular weight excluding hydrogens is 248 g/mol. The van der Waals surface area contributed by atoms with Gasteiger partial charge < -0.3 is 9.47 Å². The lowest BCUT2D eigenvalue weighted by atomic mass is 10.1. The van der Waals surface area contributed by atoms with Crippen molar-refractivity contribution in [1.82, 2.24) is 5.43 Å². The smallest absolute Gasteiger partial charge is 0.123 e. The van der Waals surface area contributed by atoms with E-state index in [0.29, 0.717) is 5.25 Å². The molecule has 0 saturated heterocycles. The van der Waals surface area contributed by atoms with Crippen LogP contribution in [0.5, 0.6) is 11.5 Å². The van der Waals surface area contributed by atoms with Crippen molar-refractivity contribution in [3.05, 3.63) is 23.8 Å². The summed E-state index contributed by atoms with van der Waals surface area (Å²) >= 11 is 1.85. The van der Waals surface area contributed by atoms with Crippen molar-refractivity contribution in [2.75, 3.05) is 20.0 Å². The number of hydrazine groups is 1. The van der Waals surface area contributed by atoms with Gasteiger partial charge in [-0.3, -0.25) is 11.3 Å². The zero-order chi connectivity index (χ0) is 13.5. The Balaban J connectivity index is 2.94. The highest BCUT2D eigenvalue weighted by atomic mass is 32.2. The molecule has 0 amide bonds. The highest BCUT2D eigenvalue weighted by Crippen LogP contribution is 2.31. The molecule has 1 aromatic carbocycles. The topological polar surface area (TPSA) is 56.5 Å². The van der Waals surface area contributed by atoms with E-state index in [0.717, 1.165) is 22.8 Å². The quantitative estimate of drug-likeness (QED) is 0.588. The van der Waals surface area contributed by atoms with Gasteiger partial charge in [0.15, 0.2) is 0 Å². The predicted molar refractivity (Wildman–Crippen MR) is 77.2 cm³/mol. The molecule has 5 heteroatoms. The van der Waals surface area contributed by atoms with E-state index in [-0.39, 0.29) is 6.04 Å². The molecular formula is C13H22N2O2S. The van der Waals surface area contributed by atoms with Crippen LogP contribution in [0.3, 0.4) is 0 Å². The van der Waals surface area contributed by atoms with E-state index < -0.39 is 0 Å². The van der Waals surface area contributed by atoms with Gasteiger partial charge >= 0.3 is 0 Å². The molecule has 0 aliphatic rings. The van der Waals surface area contributed by atoms with Gasteiger partial charge in [-0.2, -0.15) is 11.8 Å². The fourth-order valence-electron chi connectivity index (χ4n) is 1.63. The summed E-state index contributed by atoms with van der Waals surface area (Å²) in [7, 11) is 3.31. The summed E-state index contributed by atoms with van der Waals surface area (Å²) in [5.41, 5.74) is 3.86. The summed E-state index contributed by atoms with van der Waals surface area (Å²) in [4.78, 5) is 0. The number of nitrogens with one attached hydrogen (secondary N) is 1. The minimum Gasteiger partial charge on any atom is -0.497 e. The van der Waals surface area contributed by atoms with Crippen molar-refractivity contribution in [1.29, 1.82) is 0 Å². The van der Waals surface area contributed by atoms with Gasteiger partial charge in [0, 0.05) is 11.3 Å². The zero-order valence-electron chi connectivity index (χ0n) is 11.4. The minimum atomic E-state index is 0.0439. The van der Waals surface area contributed by atoms with Gasteiger partial charge in [0.1, 0.15) is 11.5 Å². The summed E-state index contributed by atoms with van der Waals surface area (Å²) < 4.78 is 10.6. The molecule has 0 aliphatic heterocycles. The molecule has 0 fully saturated rings. The Labute approximate surface area is 113 Å². The van der Waals surface area contributed by atoms with E-state index >= 15 is 0 Å². The maximum atomic E-state index is 5.65. The normalized spacial score (nSPS) is 12.6. The summed E-state index contributed by atoms with van der Waals surface area (Å²) in [5.74, 6) is 8.16. The van der Waals surface area contributed by atoms with Gasteiger partial charge in [0.2, 0.25) is 0 Å². The van der Waals surface area contributed by atoms with E-state index in [4.69, 9.17) is 15.3 Å². The Bertz CT molecular complexity index is 372. The van der Waals surface area contributed by atoms with Crippen molar-refractivity contribution >= 4 is 11.8 Å². The number of thioether (sulfide) groups is 1. The number of benzene rings is 1. The van der Waals surface area contributed by atoms with Gasteiger partial charge in [-0.1, -0.05) is 13.8 Å². The second-order valence-electron chi connectivity index (χ2n) is 4.21. The number of methoxy groups -OCH3 is 2. The molecule has 0 bridgehead atoms. The maximum Gasteiger partial charge on any atom is 0.123 e. The molecule has 4 nitrogen and oxygen atoms in total. The number of hydrogen-bond donors (Lipinski definition) is 2. The summed E-state index contributed by atoms with van der Waals surface area (Å²) in [6.07, 6.45) is 0. The first-order valence-corrected chi connectivity index (χ1v) is 6.96. The second kappa shape index (κ2) is 7.51. The van der Waals surface area contributed by atoms with Crippen LogP contribution < -0.4 is 20.7 Å². The standard InChI is InChI=1S/C13H22N2O2S/c1-9(2)18-8-12(15-14)11-7-10(16-3)5-6-13(11)17-4/h5-7,9,12,15H,8,14H2,1-4H3. The number of nitrogens with two attached hydrogens (primary N) is 1. The minimum absolute atomic E-state index is 0.0439. The molecule has 18 heavy (non-hydrogen) atoms.